The van der Waals surface area contributed by atoms with Crippen molar-refractivity contribution >= 4 is 0 Å². The largest absolute Gasteiger partial charge is 0.0683 e. The van der Waals surface area contributed by atoms with Crippen molar-refractivity contribution in [1.82, 2.24) is 0 Å². The van der Waals surface area contributed by atoms with Crippen LogP contribution in [0.4, 0.5) is 0 Å². The lowest BCUT2D eigenvalue weighted by Gasteiger charge is -1.79. The van der Waals surface area contributed by atoms with Gasteiger partial charge < -0.3 is 0 Å². The van der Waals surface area contributed by atoms with Crippen molar-refractivity contribution in [2.45, 2.75) is 81.1 Å². The molecule has 0 aliphatic carbocycles. The molecule has 0 aliphatic rings. The van der Waals surface area contributed by atoms with Crippen LogP contribution in [0, 0.1) is 0 Å². The Labute approximate surface area is 81.8 Å². The highest BCUT2D eigenvalue weighted by Gasteiger charge is 1.68. The Balaban J connectivity index is -0.0000000397. The van der Waals surface area contributed by atoms with E-state index in [0.29, 0.717) is 0 Å². The first-order valence-electron chi connectivity index (χ1n) is 5.83. The summed E-state index contributed by atoms with van der Waals surface area (Å²) in [6, 6.07) is 0. The topological polar surface area (TPSA) is 0 Å². The molecule has 0 aromatic rings. The Morgan fingerprint density at radius 1 is 0.583 bits per heavy atom. The van der Waals surface area contributed by atoms with Crippen molar-refractivity contribution < 1.29 is 0 Å². The molecule has 0 aromatic heterocycles. The summed E-state index contributed by atoms with van der Waals surface area (Å²) in [6.45, 7) is 16.7. The number of hydrogen-bond acceptors (Lipinski definition) is 0. The van der Waals surface area contributed by atoms with Crippen LogP contribution in [0.5, 0.6) is 0 Å². The van der Waals surface area contributed by atoms with Gasteiger partial charge in [-0.25, -0.2) is 0 Å². The summed E-state index contributed by atoms with van der Waals surface area (Å²) < 4.78 is 0. The van der Waals surface area contributed by atoms with Gasteiger partial charge in [0.15, 0.2) is 0 Å². The van der Waals surface area contributed by atoms with Gasteiger partial charge in [-0.2, -0.15) is 0 Å². The SMILES string of the molecule is CC.CC.CCC.CCCCC. The summed E-state index contributed by atoms with van der Waals surface area (Å²) in [6.07, 6.45) is 5.33. The first-order chi connectivity index (χ1) is 5.83. The van der Waals surface area contributed by atoms with Gasteiger partial charge in [0.25, 0.3) is 0 Å². The first-order valence-corrected chi connectivity index (χ1v) is 5.83. The third-order valence-electron chi connectivity index (χ3n) is 0.707. The fourth-order valence-electron chi connectivity index (χ4n) is 0.354. The van der Waals surface area contributed by atoms with Crippen LogP contribution < -0.4 is 0 Å². The van der Waals surface area contributed by atoms with Crippen molar-refractivity contribution in [1.29, 1.82) is 0 Å². The predicted octanol–water partition coefficient (Wildman–Crippen LogP) is 5.67. The van der Waals surface area contributed by atoms with E-state index in [2.05, 4.69) is 27.7 Å². The molecule has 0 bridgehead atoms. The van der Waals surface area contributed by atoms with E-state index in [1.54, 1.807) is 0 Å². The summed E-state index contributed by atoms with van der Waals surface area (Å²) >= 11 is 0. The van der Waals surface area contributed by atoms with Crippen LogP contribution in [0.2, 0.25) is 0 Å². The predicted molar refractivity (Wildman–Crippen MR) is 63.9 cm³/mol. The van der Waals surface area contributed by atoms with Gasteiger partial charge in [0, 0.05) is 0 Å². The molecule has 0 aliphatic heterocycles. The summed E-state index contributed by atoms with van der Waals surface area (Å²) in [7, 11) is 0. The maximum absolute atomic E-state index is 2.21. The molecule has 0 amide bonds. The summed E-state index contributed by atoms with van der Waals surface area (Å²) in [4.78, 5) is 0. The lowest BCUT2D eigenvalue weighted by atomic mass is 10.3. The minimum absolute atomic E-state index is 1.25. The standard InChI is InChI=1S/C5H12.C3H8.2C2H6/c1-3-5-4-2;1-3-2;2*1-2/h3-5H2,1-2H3;3H2,1-2H3;2*1-2H3. The van der Waals surface area contributed by atoms with Gasteiger partial charge in [-0.1, -0.05) is 81.1 Å². The van der Waals surface area contributed by atoms with Crippen LogP contribution in [-0.2, 0) is 0 Å². The average Bonchev–Trinajstić information content (AvgIpc) is 2.14. The van der Waals surface area contributed by atoms with Crippen molar-refractivity contribution in [3.05, 3.63) is 0 Å². The number of unbranched alkanes of at least 4 members (excludes halogenated alkanes) is 2. The van der Waals surface area contributed by atoms with E-state index in [9.17, 15) is 0 Å². The lowest BCUT2D eigenvalue weighted by Crippen LogP contribution is -1.59. The summed E-state index contributed by atoms with van der Waals surface area (Å²) in [5.41, 5.74) is 0. The van der Waals surface area contributed by atoms with Crippen molar-refractivity contribution in [3.8, 4) is 0 Å². The molecule has 0 atom stereocenters. The van der Waals surface area contributed by atoms with Crippen LogP contribution in [0.3, 0.4) is 0 Å². The van der Waals surface area contributed by atoms with Gasteiger partial charge in [0.05, 0.1) is 0 Å². The highest BCUT2D eigenvalue weighted by molar-refractivity contribution is 4.24. The van der Waals surface area contributed by atoms with Gasteiger partial charge in [-0.3, -0.25) is 0 Å². The van der Waals surface area contributed by atoms with E-state index in [1.807, 2.05) is 27.7 Å². The van der Waals surface area contributed by atoms with E-state index in [-0.39, 0.29) is 0 Å². The zero-order chi connectivity index (χ0) is 10.8. The second kappa shape index (κ2) is 68.8. The molecular weight excluding hydrogens is 144 g/mol. The lowest BCUT2D eigenvalue weighted by molar-refractivity contribution is 0.772. The minimum atomic E-state index is 1.25. The first kappa shape index (κ1) is 22.7. The van der Waals surface area contributed by atoms with E-state index in [0.717, 1.165) is 0 Å². The van der Waals surface area contributed by atoms with Crippen molar-refractivity contribution in [3.63, 3.8) is 0 Å². The third kappa shape index (κ3) is 202. The van der Waals surface area contributed by atoms with Crippen LogP contribution >= 0.6 is 0 Å². The molecule has 12 heavy (non-hydrogen) atoms. The van der Waals surface area contributed by atoms with Crippen LogP contribution in [0.25, 0.3) is 0 Å². The van der Waals surface area contributed by atoms with Crippen molar-refractivity contribution in [2.24, 2.45) is 0 Å². The molecule has 0 heteroatoms. The second-order valence-electron chi connectivity index (χ2n) is 2.06. The van der Waals surface area contributed by atoms with E-state index in [1.165, 1.54) is 25.7 Å². The van der Waals surface area contributed by atoms with E-state index >= 15 is 0 Å². The fraction of sp³-hybridized carbons (Fsp3) is 1.00. The normalized spacial score (nSPS) is 6.00. The Morgan fingerprint density at radius 3 is 0.750 bits per heavy atom. The Bertz CT molecular complexity index is 14.0. The number of hydrogen-bond donors (Lipinski definition) is 0. The fourth-order valence-corrected chi connectivity index (χ4v) is 0.354. The quantitative estimate of drug-likeness (QED) is 0.509. The molecule has 0 rings (SSSR count). The highest BCUT2D eigenvalue weighted by Crippen LogP contribution is 1.88. The molecule has 0 saturated heterocycles. The summed E-state index contributed by atoms with van der Waals surface area (Å²) in [5.74, 6) is 0. The molecule has 0 aromatic carbocycles. The smallest absolute Gasteiger partial charge is 0.0538 e. The van der Waals surface area contributed by atoms with Gasteiger partial charge in [0.2, 0.25) is 0 Å². The van der Waals surface area contributed by atoms with E-state index in [4.69, 9.17) is 0 Å². The molecule has 0 spiro atoms. The molecule has 80 valence electrons. The summed E-state index contributed by atoms with van der Waals surface area (Å²) in [5, 5.41) is 0. The molecule has 0 heterocycles. The Kier molecular flexibility index (Phi) is 130. The maximum atomic E-state index is 2.21. The van der Waals surface area contributed by atoms with Gasteiger partial charge in [0.1, 0.15) is 0 Å². The maximum Gasteiger partial charge on any atom is -0.0538 e. The second-order valence-corrected chi connectivity index (χ2v) is 2.06. The van der Waals surface area contributed by atoms with Crippen LogP contribution in [-0.4, -0.2) is 0 Å². The molecular formula is C12H32. The van der Waals surface area contributed by atoms with Gasteiger partial charge >= 0.3 is 0 Å². The molecule has 0 unspecified atom stereocenters. The Morgan fingerprint density at radius 2 is 0.750 bits per heavy atom. The zero-order valence-electron chi connectivity index (χ0n) is 10.8. The molecule has 0 fully saturated rings. The minimum Gasteiger partial charge on any atom is -0.0683 e. The molecule has 0 saturated carbocycles. The van der Waals surface area contributed by atoms with Crippen LogP contribution in [0.15, 0.2) is 0 Å². The zero-order valence-corrected chi connectivity index (χ0v) is 10.8. The molecule has 0 nitrogen and oxygen atoms in total. The van der Waals surface area contributed by atoms with Crippen molar-refractivity contribution in [2.75, 3.05) is 0 Å². The third-order valence-corrected chi connectivity index (χ3v) is 0.707. The molecule has 0 N–H and O–H groups in total. The van der Waals surface area contributed by atoms with Gasteiger partial charge in [-0.05, 0) is 0 Å². The Hall–Kier alpha value is 0. The van der Waals surface area contributed by atoms with Crippen LogP contribution in [0.1, 0.15) is 81.1 Å². The van der Waals surface area contributed by atoms with Gasteiger partial charge in [-0.15, -0.1) is 0 Å². The highest BCUT2D eigenvalue weighted by atomic mass is 13.7. The monoisotopic (exact) mass is 176 g/mol. The average molecular weight is 176 g/mol. The van der Waals surface area contributed by atoms with E-state index < -0.39 is 0 Å². The molecule has 0 radical (unpaired) electrons. The number of rotatable bonds is 2.